The van der Waals surface area contributed by atoms with Crippen LogP contribution < -0.4 is 0 Å². The number of hydrogen-bond donors (Lipinski definition) is 0. The summed E-state index contributed by atoms with van der Waals surface area (Å²) in [4.78, 5) is 4.85. The van der Waals surface area contributed by atoms with Gasteiger partial charge in [0.1, 0.15) is 0 Å². The Balaban J connectivity index is 2.76. The first-order chi connectivity index (χ1) is 7.69. The molecule has 0 atom stereocenters. The van der Waals surface area contributed by atoms with Crippen LogP contribution >= 0.6 is 0 Å². The highest BCUT2D eigenvalue weighted by atomic mass is 15.2. The van der Waals surface area contributed by atoms with Crippen molar-refractivity contribution < 1.29 is 0 Å². The van der Waals surface area contributed by atoms with Crippen LogP contribution in [-0.2, 0) is 10.8 Å². The molecular weight excluding hydrogens is 210 g/mol. The van der Waals surface area contributed by atoms with Crippen molar-refractivity contribution in [2.45, 2.75) is 52.4 Å². The minimum absolute atomic E-state index is 0.0303. The van der Waals surface area contributed by atoms with E-state index in [2.05, 4.69) is 46.6 Å². The van der Waals surface area contributed by atoms with E-state index in [9.17, 15) is 0 Å². The third-order valence-corrected chi connectivity index (χ3v) is 2.87. The Hall–Kier alpha value is -1.38. The fourth-order valence-electron chi connectivity index (χ4n) is 1.84. The zero-order chi connectivity index (χ0) is 12.8. The van der Waals surface area contributed by atoms with Gasteiger partial charge in [-0.05, 0) is 6.07 Å². The Bertz CT molecular complexity index is 539. The molecule has 0 fully saturated rings. The molecule has 2 aromatic heterocycles. The van der Waals surface area contributed by atoms with Gasteiger partial charge in [0.2, 0.25) is 0 Å². The van der Waals surface area contributed by atoms with Crippen LogP contribution in [0.3, 0.4) is 0 Å². The highest BCUT2D eigenvalue weighted by molar-refractivity contribution is 5.53. The van der Waals surface area contributed by atoms with Crippen LogP contribution in [0.5, 0.6) is 0 Å². The van der Waals surface area contributed by atoms with E-state index in [4.69, 9.17) is 4.98 Å². The topological polar surface area (TPSA) is 30.2 Å². The highest BCUT2D eigenvalue weighted by Crippen LogP contribution is 2.28. The molecule has 0 saturated heterocycles. The van der Waals surface area contributed by atoms with Gasteiger partial charge in [0.05, 0.1) is 29.3 Å². The maximum absolute atomic E-state index is 4.85. The molecule has 0 aromatic carbocycles. The molecule has 3 nitrogen and oxygen atoms in total. The summed E-state index contributed by atoms with van der Waals surface area (Å²) >= 11 is 0. The summed E-state index contributed by atoms with van der Waals surface area (Å²) < 4.78 is 1.94. The number of aromatic nitrogens is 3. The van der Waals surface area contributed by atoms with Crippen molar-refractivity contribution in [2.24, 2.45) is 0 Å². The summed E-state index contributed by atoms with van der Waals surface area (Å²) in [6.45, 7) is 13.1. The first-order valence-corrected chi connectivity index (χ1v) is 6.05. The van der Waals surface area contributed by atoms with Crippen LogP contribution in [0.25, 0.3) is 5.52 Å². The lowest BCUT2D eigenvalue weighted by Crippen LogP contribution is -2.21. The molecule has 0 spiro atoms. The van der Waals surface area contributed by atoms with E-state index in [-0.39, 0.29) is 10.8 Å². The SMILES string of the molecule is CC(C)(C)c1cn2nccc2c(C(C)(C)C)n1. The van der Waals surface area contributed by atoms with Gasteiger partial charge in [-0.15, -0.1) is 0 Å². The van der Waals surface area contributed by atoms with E-state index in [0.717, 1.165) is 16.9 Å². The Morgan fingerprint density at radius 1 is 1.00 bits per heavy atom. The number of nitrogens with zero attached hydrogens (tertiary/aromatic N) is 3. The van der Waals surface area contributed by atoms with E-state index in [1.165, 1.54) is 0 Å². The normalized spacial score (nSPS) is 13.3. The number of hydrogen-bond acceptors (Lipinski definition) is 2. The minimum Gasteiger partial charge on any atom is -0.253 e. The summed E-state index contributed by atoms with van der Waals surface area (Å²) in [5.74, 6) is 0. The Morgan fingerprint density at radius 3 is 2.18 bits per heavy atom. The van der Waals surface area contributed by atoms with Crippen molar-refractivity contribution in [3.63, 3.8) is 0 Å². The van der Waals surface area contributed by atoms with E-state index in [1.54, 1.807) is 0 Å². The molecule has 0 aliphatic rings. The van der Waals surface area contributed by atoms with E-state index in [0.29, 0.717) is 0 Å². The maximum Gasteiger partial charge on any atom is 0.0882 e. The van der Waals surface area contributed by atoms with Crippen LogP contribution in [0.15, 0.2) is 18.5 Å². The third kappa shape index (κ3) is 2.19. The second-order valence-corrected chi connectivity index (χ2v) is 6.64. The van der Waals surface area contributed by atoms with Gasteiger partial charge in [0, 0.05) is 10.8 Å². The molecule has 0 N–H and O–H groups in total. The van der Waals surface area contributed by atoms with Crippen LogP contribution in [0.4, 0.5) is 0 Å². The predicted octanol–water partition coefficient (Wildman–Crippen LogP) is 3.32. The van der Waals surface area contributed by atoms with Crippen LogP contribution in [-0.4, -0.2) is 14.6 Å². The van der Waals surface area contributed by atoms with E-state index < -0.39 is 0 Å². The summed E-state index contributed by atoms with van der Waals surface area (Å²) in [5.41, 5.74) is 3.37. The molecule has 0 amide bonds. The first-order valence-electron chi connectivity index (χ1n) is 6.05. The molecule has 0 radical (unpaired) electrons. The summed E-state index contributed by atoms with van der Waals surface area (Å²) in [6.07, 6.45) is 3.86. The Morgan fingerprint density at radius 2 is 1.65 bits per heavy atom. The molecule has 3 heteroatoms. The van der Waals surface area contributed by atoms with Gasteiger partial charge in [0.25, 0.3) is 0 Å². The second-order valence-electron chi connectivity index (χ2n) is 6.64. The lowest BCUT2D eigenvalue weighted by atomic mass is 9.88. The lowest BCUT2D eigenvalue weighted by molar-refractivity contribution is 0.526. The maximum atomic E-state index is 4.85. The Labute approximate surface area is 103 Å². The predicted molar refractivity (Wildman–Crippen MR) is 70.4 cm³/mol. The van der Waals surface area contributed by atoms with Gasteiger partial charge in [-0.2, -0.15) is 5.10 Å². The summed E-state index contributed by atoms with van der Waals surface area (Å²) in [7, 11) is 0. The van der Waals surface area contributed by atoms with Crippen LogP contribution in [0.2, 0.25) is 0 Å². The molecule has 0 bridgehead atoms. The molecule has 2 rings (SSSR count). The zero-order valence-corrected chi connectivity index (χ0v) is 11.6. The summed E-state index contributed by atoms with van der Waals surface area (Å²) in [6, 6.07) is 2.03. The van der Waals surface area contributed by atoms with Crippen LogP contribution in [0.1, 0.15) is 52.9 Å². The third-order valence-electron chi connectivity index (χ3n) is 2.87. The van der Waals surface area contributed by atoms with Crippen molar-refractivity contribution in [3.8, 4) is 0 Å². The fourth-order valence-corrected chi connectivity index (χ4v) is 1.84. The zero-order valence-electron chi connectivity index (χ0n) is 11.6. The quantitative estimate of drug-likeness (QED) is 0.696. The summed E-state index contributed by atoms with van der Waals surface area (Å²) in [5, 5.41) is 4.34. The van der Waals surface area contributed by atoms with Crippen molar-refractivity contribution in [1.29, 1.82) is 0 Å². The molecule has 2 aromatic rings. The number of fused-ring (bicyclic) bond motifs is 1. The number of rotatable bonds is 0. The average Bonchev–Trinajstić information content (AvgIpc) is 2.59. The Kier molecular flexibility index (Phi) is 2.53. The smallest absolute Gasteiger partial charge is 0.0882 e. The minimum atomic E-state index is 0.0303. The van der Waals surface area contributed by atoms with Gasteiger partial charge in [-0.3, -0.25) is 4.98 Å². The molecule has 0 saturated carbocycles. The first kappa shape index (κ1) is 12.1. The van der Waals surface area contributed by atoms with Crippen molar-refractivity contribution in [1.82, 2.24) is 14.6 Å². The fraction of sp³-hybridized carbons (Fsp3) is 0.571. The van der Waals surface area contributed by atoms with Crippen LogP contribution in [0, 0.1) is 0 Å². The van der Waals surface area contributed by atoms with E-state index in [1.807, 2.05) is 23.0 Å². The molecule has 2 heterocycles. The monoisotopic (exact) mass is 231 g/mol. The molecule has 0 aliphatic carbocycles. The molecule has 0 aliphatic heterocycles. The standard InChI is InChI=1S/C14H21N3/c1-13(2,3)11-9-17-10(7-8-15-17)12(16-11)14(4,5)6/h7-9H,1-6H3. The molecule has 17 heavy (non-hydrogen) atoms. The molecule has 0 unspecified atom stereocenters. The van der Waals surface area contributed by atoms with E-state index >= 15 is 0 Å². The largest absolute Gasteiger partial charge is 0.253 e. The average molecular weight is 231 g/mol. The molecule has 92 valence electrons. The van der Waals surface area contributed by atoms with Gasteiger partial charge in [0.15, 0.2) is 0 Å². The van der Waals surface area contributed by atoms with Gasteiger partial charge in [-0.1, -0.05) is 41.5 Å². The van der Waals surface area contributed by atoms with Gasteiger partial charge >= 0.3 is 0 Å². The van der Waals surface area contributed by atoms with Crippen molar-refractivity contribution in [3.05, 3.63) is 29.8 Å². The highest BCUT2D eigenvalue weighted by Gasteiger charge is 2.24. The lowest BCUT2D eigenvalue weighted by Gasteiger charge is -2.24. The molecular formula is C14H21N3. The van der Waals surface area contributed by atoms with Gasteiger partial charge in [-0.25, -0.2) is 4.52 Å². The van der Waals surface area contributed by atoms with Crippen molar-refractivity contribution >= 4 is 5.52 Å². The second kappa shape index (κ2) is 3.56. The van der Waals surface area contributed by atoms with Gasteiger partial charge < -0.3 is 0 Å². The van der Waals surface area contributed by atoms with Crippen molar-refractivity contribution in [2.75, 3.05) is 0 Å².